The van der Waals surface area contributed by atoms with Crippen molar-refractivity contribution < 1.29 is 19.1 Å². The number of nitrogens with one attached hydrogen (secondary N) is 1. The molecule has 1 saturated heterocycles. The Morgan fingerprint density at radius 2 is 2.16 bits per heavy atom. The lowest BCUT2D eigenvalue weighted by Crippen LogP contribution is -2.34. The van der Waals surface area contributed by atoms with Crippen LogP contribution >= 0.6 is 11.6 Å². The average Bonchev–Trinajstić information content (AvgIpc) is 3.01. The van der Waals surface area contributed by atoms with Crippen LogP contribution in [0.1, 0.15) is 10.4 Å². The Hall–Kier alpha value is -2.80. The number of anilines is 1. The van der Waals surface area contributed by atoms with Gasteiger partial charge >= 0.3 is 6.09 Å². The molecule has 0 bridgehead atoms. The third-order valence-electron chi connectivity index (χ3n) is 3.75. The Morgan fingerprint density at radius 3 is 2.84 bits per heavy atom. The van der Waals surface area contributed by atoms with Gasteiger partial charge in [0, 0.05) is 23.6 Å². The fraction of sp³-hybridized carbons (Fsp3) is 0.235. The van der Waals surface area contributed by atoms with Crippen LogP contribution in [0.3, 0.4) is 0 Å². The molecule has 1 aromatic carbocycles. The molecule has 2 amide bonds. The summed E-state index contributed by atoms with van der Waals surface area (Å²) in [6.45, 7) is 0.533. The number of hydrogen-bond acceptors (Lipinski definition) is 5. The minimum absolute atomic E-state index is 0.216. The van der Waals surface area contributed by atoms with Gasteiger partial charge in [0.2, 0.25) is 0 Å². The second-order valence-electron chi connectivity index (χ2n) is 5.38. The number of methoxy groups -OCH3 is 1. The first-order chi connectivity index (χ1) is 12.1. The molecule has 1 aromatic heterocycles. The van der Waals surface area contributed by atoms with Crippen LogP contribution < -0.4 is 15.0 Å². The van der Waals surface area contributed by atoms with Crippen LogP contribution in [0, 0.1) is 0 Å². The van der Waals surface area contributed by atoms with Crippen molar-refractivity contribution in [2.24, 2.45) is 0 Å². The Kier molecular flexibility index (Phi) is 5.04. The van der Waals surface area contributed by atoms with Crippen molar-refractivity contribution in [3.63, 3.8) is 0 Å². The summed E-state index contributed by atoms with van der Waals surface area (Å²) in [6.07, 6.45) is 2.16. The molecule has 25 heavy (non-hydrogen) atoms. The summed E-state index contributed by atoms with van der Waals surface area (Å²) in [5, 5.41) is 3.15. The highest BCUT2D eigenvalue weighted by Gasteiger charge is 2.32. The Balaban J connectivity index is 1.61. The van der Waals surface area contributed by atoms with Gasteiger partial charge in [0.15, 0.2) is 0 Å². The van der Waals surface area contributed by atoms with E-state index < -0.39 is 12.2 Å². The Morgan fingerprint density at radius 1 is 1.40 bits per heavy atom. The summed E-state index contributed by atoms with van der Waals surface area (Å²) >= 11 is 6.10. The number of carbonyl (C=O) groups is 2. The zero-order valence-electron chi connectivity index (χ0n) is 13.4. The number of aromatic nitrogens is 1. The lowest BCUT2D eigenvalue weighted by atomic mass is 10.2. The van der Waals surface area contributed by atoms with Crippen molar-refractivity contribution >= 4 is 29.3 Å². The number of ether oxygens (including phenoxy) is 2. The van der Waals surface area contributed by atoms with Crippen LogP contribution in [0.4, 0.5) is 10.5 Å². The molecule has 0 saturated carbocycles. The van der Waals surface area contributed by atoms with Gasteiger partial charge in [-0.05, 0) is 30.3 Å². The normalized spacial score (nSPS) is 16.5. The average molecular weight is 362 g/mol. The van der Waals surface area contributed by atoms with Crippen LogP contribution in [0.2, 0.25) is 5.02 Å². The molecule has 130 valence electrons. The number of hydrogen-bond donors (Lipinski definition) is 1. The highest BCUT2D eigenvalue weighted by Crippen LogP contribution is 2.31. The number of carbonyl (C=O) groups excluding carboxylic acids is 2. The molecule has 0 radical (unpaired) electrons. The summed E-state index contributed by atoms with van der Waals surface area (Å²) in [5.41, 5.74) is 1.11. The van der Waals surface area contributed by atoms with Crippen molar-refractivity contribution in [1.82, 2.24) is 10.3 Å². The zero-order chi connectivity index (χ0) is 17.8. The van der Waals surface area contributed by atoms with Crippen molar-refractivity contribution in [1.29, 1.82) is 0 Å². The number of amides is 2. The van der Waals surface area contributed by atoms with Gasteiger partial charge in [-0.15, -0.1) is 0 Å². The van der Waals surface area contributed by atoms with Gasteiger partial charge in [-0.3, -0.25) is 14.7 Å². The van der Waals surface area contributed by atoms with Crippen molar-refractivity contribution in [3.05, 3.63) is 53.3 Å². The number of rotatable bonds is 5. The molecular formula is C17H16ClN3O4. The molecule has 1 atom stereocenters. The zero-order valence-corrected chi connectivity index (χ0v) is 14.2. The van der Waals surface area contributed by atoms with Gasteiger partial charge in [-0.1, -0.05) is 11.6 Å². The molecule has 7 nitrogen and oxygen atoms in total. The number of halogens is 1. The lowest BCUT2D eigenvalue weighted by Gasteiger charge is -2.14. The number of pyridine rings is 1. The molecule has 0 aliphatic carbocycles. The van der Waals surface area contributed by atoms with Crippen molar-refractivity contribution in [2.75, 3.05) is 25.1 Å². The number of nitrogens with zero attached hydrogens (tertiary/aromatic N) is 2. The van der Waals surface area contributed by atoms with E-state index in [2.05, 4.69) is 10.3 Å². The molecule has 1 N–H and O–H groups in total. The van der Waals surface area contributed by atoms with Gasteiger partial charge in [0.05, 0.1) is 25.2 Å². The lowest BCUT2D eigenvalue weighted by molar-refractivity contribution is 0.0916. The number of benzene rings is 1. The van der Waals surface area contributed by atoms with E-state index in [0.717, 1.165) is 0 Å². The van der Waals surface area contributed by atoms with E-state index in [0.29, 0.717) is 28.6 Å². The van der Waals surface area contributed by atoms with Gasteiger partial charge in [0.1, 0.15) is 11.9 Å². The largest absolute Gasteiger partial charge is 0.495 e. The van der Waals surface area contributed by atoms with Crippen molar-refractivity contribution in [2.45, 2.75) is 6.10 Å². The maximum atomic E-state index is 12.1. The highest BCUT2D eigenvalue weighted by molar-refractivity contribution is 6.32. The maximum Gasteiger partial charge on any atom is 0.414 e. The first-order valence-corrected chi connectivity index (χ1v) is 7.96. The van der Waals surface area contributed by atoms with Crippen molar-refractivity contribution in [3.8, 4) is 5.75 Å². The van der Waals surface area contributed by atoms with E-state index in [1.165, 1.54) is 12.0 Å². The molecule has 1 aliphatic heterocycles. The van der Waals surface area contributed by atoms with E-state index in [4.69, 9.17) is 21.1 Å². The van der Waals surface area contributed by atoms with Crippen LogP contribution in [-0.2, 0) is 4.74 Å². The predicted molar refractivity (Wildman–Crippen MR) is 92.2 cm³/mol. The first kappa shape index (κ1) is 17.0. The Bertz CT molecular complexity index is 785. The minimum atomic E-state index is -0.482. The summed E-state index contributed by atoms with van der Waals surface area (Å²) in [5.74, 6) is 0.281. The third-order valence-corrected chi connectivity index (χ3v) is 4.05. The molecule has 1 unspecified atom stereocenters. The molecule has 0 spiro atoms. The fourth-order valence-corrected chi connectivity index (χ4v) is 2.73. The van der Waals surface area contributed by atoms with Gasteiger partial charge in [0.25, 0.3) is 5.91 Å². The monoisotopic (exact) mass is 361 g/mol. The van der Waals surface area contributed by atoms with Gasteiger partial charge in [-0.25, -0.2) is 4.79 Å². The molecule has 1 fully saturated rings. The summed E-state index contributed by atoms with van der Waals surface area (Å²) < 4.78 is 10.4. The van der Waals surface area contributed by atoms with E-state index >= 15 is 0 Å². The second-order valence-corrected chi connectivity index (χ2v) is 5.79. The molecule has 3 rings (SSSR count). The molecule has 8 heteroatoms. The number of cyclic esters (lactones) is 1. The maximum absolute atomic E-state index is 12.1. The summed E-state index contributed by atoms with van der Waals surface area (Å²) in [4.78, 5) is 29.4. The molecular weight excluding hydrogens is 346 g/mol. The van der Waals surface area contributed by atoms with Crippen LogP contribution in [0.5, 0.6) is 5.75 Å². The summed E-state index contributed by atoms with van der Waals surface area (Å²) in [7, 11) is 1.52. The second kappa shape index (κ2) is 7.40. The van der Waals surface area contributed by atoms with E-state index in [1.807, 2.05) is 0 Å². The Labute approximate surface area is 149 Å². The molecule has 2 heterocycles. The predicted octanol–water partition coefficient (Wildman–Crippen LogP) is 2.50. The van der Waals surface area contributed by atoms with E-state index in [9.17, 15) is 9.59 Å². The fourth-order valence-electron chi connectivity index (χ4n) is 2.47. The van der Waals surface area contributed by atoms with Crippen LogP contribution in [0.25, 0.3) is 0 Å². The van der Waals surface area contributed by atoms with E-state index in [-0.39, 0.29) is 12.5 Å². The SMILES string of the molecule is COc1ccc(N2CC(CNC(=O)c3ccncc3)OC2=O)cc1Cl. The summed E-state index contributed by atoms with van der Waals surface area (Å²) in [6, 6.07) is 8.27. The van der Waals surface area contributed by atoms with Gasteiger partial charge in [-0.2, -0.15) is 0 Å². The first-order valence-electron chi connectivity index (χ1n) is 7.58. The topological polar surface area (TPSA) is 80.8 Å². The standard InChI is InChI=1S/C17H16ClN3O4/c1-24-15-3-2-12(8-14(15)18)21-10-13(25-17(21)23)9-20-16(22)11-4-6-19-7-5-11/h2-8,13H,9-10H2,1H3,(H,20,22). The van der Waals surface area contributed by atoms with E-state index in [1.54, 1.807) is 42.7 Å². The van der Waals surface area contributed by atoms with Crippen LogP contribution in [-0.4, -0.2) is 43.3 Å². The third kappa shape index (κ3) is 3.83. The van der Waals surface area contributed by atoms with Crippen LogP contribution in [0.15, 0.2) is 42.7 Å². The molecule has 1 aliphatic rings. The molecule has 2 aromatic rings. The van der Waals surface area contributed by atoms with Gasteiger partial charge < -0.3 is 14.8 Å². The quantitative estimate of drug-likeness (QED) is 0.885. The minimum Gasteiger partial charge on any atom is -0.495 e. The smallest absolute Gasteiger partial charge is 0.414 e. The highest BCUT2D eigenvalue weighted by atomic mass is 35.5.